The summed E-state index contributed by atoms with van der Waals surface area (Å²) in [5, 5.41) is 12.1. The lowest BCUT2D eigenvalue weighted by atomic mass is 9.90. The molecule has 0 amide bonds. The summed E-state index contributed by atoms with van der Waals surface area (Å²) >= 11 is 0. The lowest BCUT2D eigenvalue weighted by Gasteiger charge is -2.30. The molecule has 2 atom stereocenters. The number of hydrogen-bond acceptors (Lipinski definition) is 4. The fourth-order valence-electron chi connectivity index (χ4n) is 3.21. The maximum atomic E-state index is 13.5. The highest BCUT2D eigenvalue weighted by molar-refractivity contribution is 7.57. The Labute approximate surface area is 162 Å². The Morgan fingerprint density at radius 2 is 1.89 bits per heavy atom. The Morgan fingerprint density at radius 3 is 2.37 bits per heavy atom. The van der Waals surface area contributed by atoms with Gasteiger partial charge in [0, 0.05) is 7.11 Å². The standard InChI is InChI=1S/C20H32NO5P/c1-13(2)16-8-7-9-17(14(3)15-10-11-15)18(16)26-27(24,12-25-6)21-20(4,5)19(22)23/h7-9,13-15H,10-12H2,1-6H3,(H,21,24)(H,22,23)/t14-,27?/m1/s1. The highest BCUT2D eigenvalue weighted by Gasteiger charge is 2.39. The summed E-state index contributed by atoms with van der Waals surface area (Å²) in [6.07, 6.45) is 2.16. The van der Waals surface area contributed by atoms with E-state index in [2.05, 4.69) is 25.9 Å². The third-order valence-electron chi connectivity index (χ3n) is 5.04. The van der Waals surface area contributed by atoms with Crippen molar-refractivity contribution in [3.63, 3.8) is 0 Å². The summed E-state index contributed by atoms with van der Waals surface area (Å²) in [7, 11) is -2.19. The molecule has 0 aliphatic heterocycles. The van der Waals surface area contributed by atoms with E-state index in [1.165, 1.54) is 33.8 Å². The second kappa shape index (κ2) is 8.34. The molecule has 1 aromatic carbocycles. The molecule has 7 heteroatoms. The predicted molar refractivity (Wildman–Crippen MR) is 107 cm³/mol. The van der Waals surface area contributed by atoms with E-state index in [1.54, 1.807) is 0 Å². The maximum absolute atomic E-state index is 13.5. The minimum atomic E-state index is -3.61. The smallest absolute Gasteiger partial charge is 0.342 e. The Kier molecular flexibility index (Phi) is 6.77. The normalized spacial score (nSPS) is 18.2. The maximum Gasteiger partial charge on any atom is 0.342 e. The topological polar surface area (TPSA) is 84.9 Å². The van der Waals surface area contributed by atoms with Crippen molar-refractivity contribution in [1.82, 2.24) is 5.09 Å². The van der Waals surface area contributed by atoms with Crippen LogP contribution in [0.2, 0.25) is 0 Å². The van der Waals surface area contributed by atoms with Gasteiger partial charge in [-0.3, -0.25) is 9.36 Å². The fourth-order valence-corrected chi connectivity index (χ4v) is 5.17. The number of carboxylic acid groups (broad SMARTS) is 1. The van der Waals surface area contributed by atoms with Gasteiger partial charge in [0.15, 0.2) is 0 Å². The van der Waals surface area contributed by atoms with E-state index in [4.69, 9.17) is 9.26 Å². The minimum absolute atomic E-state index is 0.176. The molecule has 0 saturated heterocycles. The molecule has 1 aliphatic rings. The lowest BCUT2D eigenvalue weighted by Crippen LogP contribution is -2.46. The van der Waals surface area contributed by atoms with Gasteiger partial charge in [-0.15, -0.1) is 0 Å². The van der Waals surface area contributed by atoms with E-state index < -0.39 is 19.0 Å². The van der Waals surface area contributed by atoms with Gasteiger partial charge in [-0.2, -0.15) is 0 Å². The van der Waals surface area contributed by atoms with E-state index in [1.807, 2.05) is 18.2 Å². The summed E-state index contributed by atoms with van der Waals surface area (Å²) < 4.78 is 24.7. The Morgan fingerprint density at radius 1 is 1.30 bits per heavy atom. The van der Waals surface area contributed by atoms with Crippen molar-refractivity contribution < 1.29 is 23.7 Å². The van der Waals surface area contributed by atoms with Gasteiger partial charge in [-0.1, -0.05) is 39.0 Å². The SMILES string of the molecule is COCP(=O)(NC(C)(C)C(=O)O)Oc1c(C(C)C)cccc1[C@H](C)C1CC1. The van der Waals surface area contributed by atoms with E-state index in [-0.39, 0.29) is 12.3 Å². The highest BCUT2D eigenvalue weighted by atomic mass is 31.2. The molecule has 1 unspecified atom stereocenters. The molecule has 1 aromatic rings. The van der Waals surface area contributed by atoms with Crippen molar-refractivity contribution in [1.29, 1.82) is 0 Å². The first kappa shape index (κ1) is 21.9. The van der Waals surface area contributed by atoms with E-state index in [0.29, 0.717) is 17.6 Å². The van der Waals surface area contributed by atoms with Gasteiger partial charge in [-0.25, -0.2) is 5.09 Å². The van der Waals surface area contributed by atoms with Crippen molar-refractivity contribution >= 4 is 13.5 Å². The van der Waals surface area contributed by atoms with Crippen LogP contribution in [-0.4, -0.2) is 30.1 Å². The van der Waals surface area contributed by atoms with Gasteiger partial charge in [0.2, 0.25) is 0 Å². The monoisotopic (exact) mass is 397 g/mol. The first-order valence-corrected chi connectivity index (χ1v) is 11.2. The molecule has 0 aromatic heterocycles. The molecule has 1 fully saturated rings. The Hall–Kier alpha value is -1.36. The van der Waals surface area contributed by atoms with Crippen LogP contribution in [0.5, 0.6) is 5.75 Å². The number of carbonyl (C=O) groups is 1. The molecule has 0 spiro atoms. The van der Waals surface area contributed by atoms with Crippen LogP contribution in [0.4, 0.5) is 0 Å². The van der Waals surface area contributed by atoms with Crippen molar-refractivity contribution in [2.75, 3.05) is 13.5 Å². The molecule has 6 nitrogen and oxygen atoms in total. The van der Waals surface area contributed by atoms with Crippen LogP contribution in [0.3, 0.4) is 0 Å². The van der Waals surface area contributed by atoms with Crippen LogP contribution in [-0.2, 0) is 14.1 Å². The molecular formula is C20H32NO5P. The second-order valence-corrected chi connectivity index (χ2v) is 10.3. The number of para-hydroxylation sites is 1. The van der Waals surface area contributed by atoms with Crippen molar-refractivity contribution in [2.45, 2.75) is 64.8 Å². The number of nitrogens with one attached hydrogen (secondary N) is 1. The summed E-state index contributed by atoms with van der Waals surface area (Å²) in [4.78, 5) is 11.5. The molecule has 2 N–H and O–H groups in total. The van der Waals surface area contributed by atoms with Gasteiger partial charge in [0.1, 0.15) is 17.6 Å². The highest BCUT2D eigenvalue weighted by Crippen LogP contribution is 2.52. The number of benzene rings is 1. The van der Waals surface area contributed by atoms with Gasteiger partial charge < -0.3 is 14.4 Å². The number of ether oxygens (including phenoxy) is 1. The number of rotatable bonds is 10. The quantitative estimate of drug-likeness (QED) is 0.543. The fraction of sp³-hybridized carbons (Fsp3) is 0.650. The van der Waals surface area contributed by atoms with Gasteiger partial charge >= 0.3 is 13.5 Å². The summed E-state index contributed by atoms with van der Waals surface area (Å²) in [6.45, 7) is 9.21. The van der Waals surface area contributed by atoms with Crippen molar-refractivity contribution in [3.8, 4) is 5.75 Å². The molecular weight excluding hydrogens is 365 g/mol. The third-order valence-corrected chi connectivity index (χ3v) is 7.02. The molecule has 0 radical (unpaired) electrons. The molecule has 0 bridgehead atoms. The average molecular weight is 397 g/mol. The summed E-state index contributed by atoms with van der Waals surface area (Å²) in [5.74, 6) is 0.573. The van der Waals surface area contributed by atoms with Gasteiger partial charge in [-0.05, 0) is 55.6 Å². The van der Waals surface area contributed by atoms with Gasteiger partial charge in [0.05, 0.1) is 0 Å². The first-order valence-electron chi connectivity index (χ1n) is 9.44. The van der Waals surface area contributed by atoms with Crippen molar-refractivity contribution in [2.24, 2.45) is 5.92 Å². The van der Waals surface area contributed by atoms with Crippen LogP contribution in [0.25, 0.3) is 0 Å². The predicted octanol–water partition coefficient (Wildman–Crippen LogP) is 4.95. The van der Waals surface area contributed by atoms with Crippen LogP contribution < -0.4 is 9.61 Å². The van der Waals surface area contributed by atoms with Crippen LogP contribution in [0.1, 0.15) is 70.4 Å². The Bertz CT molecular complexity index is 727. The average Bonchev–Trinajstić information content (AvgIpc) is 3.38. The van der Waals surface area contributed by atoms with Crippen LogP contribution in [0, 0.1) is 5.92 Å². The molecule has 2 rings (SSSR count). The number of aliphatic carboxylic acids is 1. The zero-order chi connectivity index (χ0) is 20.4. The molecule has 27 heavy (non-hydrogen) atoms. The summed E-state index contributed by atoms with van der Waals surface area (Å²) in [5.41, 5.74) is 0.574. The zero-order valence-corrected chi connectivity index (χ0v) is 18.0. The van der Waals surface area contributed by atoms with Gasteiger partial charge in [0.25, 0.3) is 0 Å². The lowest BCUT2D eigenvalue weighted by molar-refractivity contribution is -0.142. The number of hydrogen-bond donors (Lipinski definition) is 2. The summed E-state index contributed by atoms with van der Waals surface area (Å²) in [6, 6.07) is 6.00. The van der Waals surface area contributed by atoms with E-state index >= 15 is 0 Å². The Balaban J connectivity index is 2.47. The third kappa shape index (κ3) is 5.34. The zero-order valence-electron chi connectivity index (χ0n) is 17.1. The number of carboxylic acids is 1. The molecule has 152 valence electrons. The molecule has 0 heterocycles. The number of methoxy groups -OCH3 is 1. The van der Waals surface area contributed by atoms with Crippen molar-refractivity contribution in [3.05, 3.63) is 29.3 Å². The molecule has 1 saturated carbocycles. The van der Waals surface area contributed by atoms with Crippen LogP contribution >= 0.6 is 7.52 Å². The van der Waals surface area contributed by atoms with Crippen LogP contribution in [0.15, 0.2) is 18.2 Å². The first-order chi connectivity index (χ1) is 12.5. The van der Waals surface area contributed by atoms with E-state index in [0.717, 1.165) is 11.1 Å². The minimum Gasteiger partial charge on any atom is -0.480 e. The second-order valence-electron chi connectivity index (χ2n) is 8.27. The molecule has 1 aliphatic carbocycles. The van der Waals surface area contributed by atoms with E-state index in [9.17, 15) is 14.5 Å². The largest absolute Gasteiger partial charge is 0.480 e.